The largest absolute Gasteiger partial charge is 0.457 e. The maximum Gasteiger partial charge on any atom is 0.374 e. The molecule has 2 rings (SSSR count). The van der Waals surface area contributed by atoms with Gasteiger partial charge >= 0.3 is 5.97 Å². The third-order valence-corrected chi connectivity index (χ3v) is 2.97. The standard InChI is InChI=1S/C14H12N2O6/c1-8-4-5-21-12(8)14(18)22-7-10-3-2-9(13(15)17)6-11(10)16(19)20/h2-6H,7H2,1H3,(H2,15,17). The fraction of sp³-hybridized carbons (Fsp3) is 0.143. The van der Waals surface area contributed by atoms with Gasteiger partial charge in [-0.05, 0) is 25.1 Å². The molecule has 114 valence electrons. The van der Waals surface area contributed by atoms with Gasteiger partial charge in [-0.1, -0.05) is 0 Å². The van der Waals surface area contributed by atoms with Gasteiger partial charge < -0.3 is 14.9 Å². The summed E-state index contributed by atoms with van der Waals surface area (Å²) < 4.78 is 9.96. The highest BCUT2D eigenvalue weighted by atomic mass is 16.6. The van der Waals surface area contributed by atoms with Crippen LogP contribution in [0.5, 0.6) is 0 Å². The number of nitro benzene ring substituents is 1. The lowest BCUT2D eigenvalue weighted by atomic mass is 10.1. The van der Waals surface area contributed by atoms with E-state index in [4.69, 9.17) is 14.9 Å². The van der Waals surface area contributed by atoms with Crippen molar-refractivity contribution >= 4 is 17.6 Å². The van der Waals surface area contributed by atoms with Crippen LogP contribution in [0.25, 0.3) is 0 Å². The lowest BCUT2D eigenvalue weighted by Gasteiger charge is -2.06. The lowest BCUT2D eigenvalue weighted by molar-refractivity contribution is -0.385. The van der Waals surface area contributed by atoms with Gasteiger partial charge in [-0.25, -0.2) is 4.79 Å². The van der Waals surface area contributed by atoms with E-state index < -0.39 is 16.8 Å². The van der Waals surface area contributed by atoms with Gasteiger partial charge in [0.2, 0.25) is 11.7 Å². The molecule has 0 fully saturated rings. The van der Waals surface area contributed by atoms with Crippen molar-refractivity contribution in [3.05, 3.63) is 63.1 Å². The van der Waals surface area contributed by atoms with Crippen molar-refractivity contribution in [3.8, 4) is 0 Å². The number of nitrogens with two attached hydrogens (primary N) is 1. The normalized spacial score (nSPS) is 10.2. The SMILES string of the molecule is Cc1ccoc1C(=O)OCc1ccc(C(N)=O)cc1[N+](=O)[O-]. The van der Waals surface area contributed by atoms with Gasteiger partial charge in [-0.3, -0.25) is 14.9 Å². The number of hydrogen-bond donors (Lipinski definition) is 1. The Morgan fingerprint density at radius 2 is 2.09 bits per heavy atom. The summed E-state index contributed by atoms with van der Waals surface area (Å²) in [5, 5.41) is 11.0. The Bertz CT molecular complexity index is 750. The monoisotopic (exact) mass is 304 g/mol. The Morgan fingerprint density at radius 1 is 1.36 bits per heavy atom. The number of primary amides is 1. The number of esters is 1. The zero-order valence-electron chi connectivity index (χ0n) is 11.6. The van der Waals surface area contributed by atoms with Crippen LogP contribution in [0.4, 0.5) is 5.69 Å². The summed E-state index contributed by atoms with van der Waals surface area (Å²) in [5.41, 5.74) is 5.48. The van der Waals surface area contributed by atoms with Gasteiger partial charge in [0.25, 0.3) is 5.69 Å². The molecular weight excluding hydrogens is 292 g/mol. The minimum absolute atomic E-state index is 0.00338. The molecule has 2 N–H and O–H groups in total. The van der Waals surface area contributed by atoms with Crippen molar-refractivity contribution < 1.29 is 23.7 Å². The van der Waals surface area contributed by atoms with Crippen molar-refractivity contribution in [1.29, 1.82) is 0 Å². The Hall–Kier alpha value is -3.16. The van der Waals surface area contributed by atoms with E-state index >= 15 is 0 Å². The first-order valence-corrected chi connectivity index (χ1v) is 6.18. The molecule has 0 saturated heterocycles. The average molecular weight is 304 g/mol. The van der Waals surface area contributed by atoms with Gasteiger partial charge in [-0.2, -0.15) is 0 Å². The number of nitrogens with zero attached hydrogens (tertiary/aromatic N) is 1. The smallest absolute Gasteiger partial charge is 0.374 e. The summed E-state index contributed by atoms with van der Waals surface area (Å²) in [4.78, 5) is 33.2. The van der Waals surface area contributed by atoms with Gasteiger partial charge in [0, 0.05) is 17.2 Å². The molecule has 1 aromatic heterocycles. The molecule has 0 spiro atoms. The van der Waals surface area contributed by atoms with E-state index in [9.17, 15) is 19.7 Å². The summed E-state index contributed by atoms with van der Waals surface area (Å²) in [6.45, 7) is 1.35. The summed E-state index contributed by atoms with van der Waals surface area (Å²) in [7, 11) is 0. The number of carbonyl (C=O) groups excluding carboxylic acids is 2. The Kier molecular flexibility index (Phi) is 4.21. The summed E-state index contributed by atoms with van der Waals surface area (Å²) in [6, 6.07) is 5.29. The van der Waals surface area contributed by atoms with Crippen LogP contribution in [-0.2, 0) is 11.3 Å². The number of nitro groups is 1. The number of ether oxygens (including phenoxy) is 1. The maximum absolute atomic E-state index is 11.8. The molecular formula is C14H12N2O6. The van der Waals surface area contributed by atoms with E-state index in [0.29, 0.717) is 5.56 Å². The average Bonchev–Trinajstić information content (AvgIpc) is 2.90. The lowest BCUT2D eigenvalue weighted by Crippen LogP contribution is -2.12. The van der Waals surface area contributed by atoms with Gasteiger partial charge in [0.15, 0.2) is 0 Å². The molecule has 1 heterocycles. The van der Waals surface area contributed by atoms with Crippen LogP contribution in [-0.4, -0.2) is 16.8 Å². The van der Waals surface area contributed by atoms with Crippen molar-refractivity contribution in [3.63, 3.8) is 0 Å². The highest BCUT2D eigenvalue weighted by molar-refractivity contribution is 5.93. The maximum atomic E-state index is 11.8. The fourth-order valence-electron chi connectivity index (χ4n) is 1.80. The zero-order chi connectivity index (χ0) is 16.3. The number of furan rings is 1. The molecule has 0 unspecified atom stereocenters. The molecule has 0 aliphatic carbocycles. The van der Waals surface area contributed by atoms with Crippen LogP contribution in [0, 0.1) is 17.0 Å². The number of carbonyl (C=O) groups is 2. The van der Waals surface area contributed by atoms with Crippen LogP contribution in [0.15, 0.2) is 34.9 Å². The first-order valence-electron chi connectivity index (χ1n) is 6.18. The van der Waals surface area contributed by atoms with Crippen molar-refractivity contribution in [1.82, 2.24) is 0 Å². The quantitative estimate of drug-likeness (QED) is 0.511. The van der Waals surface area contributed by atoms with Crippen molar-refractivity contribution in [2.45, 2.75) is 13.5 Å². The summed E-state index contributed by atoms with van der Waals surface area (Å²) >= 11 is 0. The molecule has 8 heteroatoms. The number of rotatable bonds is 5. The van der Waals surface area contributed by atoms with Crippen molar-refractivity contribution in [2.75, 3.05) is 0 Å². The van der Waals surface area contributed by atoms with E-state index in [1.54, 1.807) is 13.0 Å². The molecule has 0 aliphatic rings. The first kappa shape index (κ1) is 15.2. The van der Waals surface area contributed by atoms with Crippen molar-refractivity contribution in [2.24, 2.45) is 5.73 Å². The molecule has 0 radical (unpaired) electrons. The summed E-state index contributed by atoms with van der Waals surface area (Å²) in [6.07, 6.45) is 1.34. The molecule has 22 heavy (non-hydrogen) atoms. The highest BCUT2D eigenvalue weighted by Crippen LogP contribution is 2.22. The summed E-state index contributed by atoms with van der Waals surface area (Å²) in [5.74, 6) is -1.47. The van der Waals surface area contributed by atoms with E-state index in [-0.39, 0.29) is 29.2 Å². The third kappa shape index (κ3) is 3.11. The van der Waals surface area contributed by atoms with Crippen LogP contribution >= 0.6 is 0 Å². The molecule has 0 aliphatic heterocycles. The third-order valence-electron chi connectivity index (χ3n) is 2.97. The second-order valence-corrected chi connectivity index (χ2v) is 4.47. The molecule has 0 atom stereocenters. The number of hydrogen-bond acceptors (Lipinski definition) is 6. The Labute approximate surface area is 124 Å². The van der Waals surface area contributed by atoms with Crippen LogP contribution in [0.2, 0.25) is 0 Å². The molecule has 0 bridgehead atoms. The molecule has 8 nitrogen and oxygen atoms in total. The van der Waals surface area contributed by atoms with Gasteiger partial charge in [0.05, 0.1) is 16.7 Å². The molecule has 1 amide bonds. The Balaban J connectivity index is 2.19. The van der Waals surface area contributed by atoms with E-state index in [2.05, 4.69) is 0 Å². The highest BCUT2D eigenvalue weighted by Gasteiger charge is 2.20. The minimum Gasteiger partial charge on any atom is -0.457 e. The zero-order valence-corrected chi connectivity index (χ0v) is 11.6. The van der Waals surface area contributed by atoms with E-state index in [1.165, 1.54) is 18.4 Å². The van der Waals surface area contributed by atoms with Crippen LogP contribution in [0.3, 0.4) is 0 Å². The molecule has 0 saturated carbocycles. The van der Waals surface area contributed by atoms with Crippen LogP contribution in [0.1, 0.15) is 32.0 Å². The first-order chi connectivity index (χ1) is 10.4. The van der Waals surface area contributed by atoms with Gasteiger partial charge in [0.1, 0.15) is 6.61 Å². The number of amides is 1. The predicted octanol–water partition coefficient (Wildman–Crippen LogP) is 1.95. The fourth-order valence-corrected chi connectivity index (χ4v) is 1.80. The number of aryl methyl sites for hydroxylation is 1. The van der Waals surface area contributed by atoms with Gasteiger partial charge in [-0.15, -0.1) is 0 Å². The van der Waals surface area contributed by atoms with E-state index in [0.717, 1.165) is 6.07 Å². The predicted molar refractivity (Wildman–Crippen MR) is 74.2 cm³/mol. The number of benzene rings is 1. The minimum atomic E-state index is -0.780. The second kappa shape index (κ2) is 6.08. The second-order valence-electron chi connectivity index (χ2n) is 4.47. The molecule has 2 aromatic rings. The van der Waals surface area contributed by atoms with Crippen LogP contribution < -0.4 is 5.73 Å². The topological polar surface area (TPSA) is 126 Å². The van der Waals surface area contributed by atoms with E-state index in [1.807, 2.05) is 0 Å². The Morgan fingerprint density at radius 3 is 2.64 bits per heavy atom. The molecule has 1 aromatic carbocycles.